The summed E-state index contributed by atoms with van der Waals surface area (Å²) in [5, 5.41) is 10.8. The Morgan fingerprint density at radius 2 is 1.62 bits per heavy atom. The van der Waals surface area contributed by atoms with E-state index in [2.05, 4.69) is 26.0 Å². The number of fused-ring (bicyclic) bond motifs is 1. The summed E-state index contributed by atoms with van der Waals surface area (Å²) in [6.45, 7) is 9.47. The van der Waals surface area contributed by atoms with Crippen LogP contribution in [-0.2, 0) is 35.4 Å². The maximum atomic E-state index is 14.4. The molecule has 13 nitrogen and oxygen atoms in total. The van der Waals surface area contributed by atoms with Gasteiger partial charge in [-0.1, -0.05) is 66.0 Å². The lowest BCUT2D eigenvalue weighted by molar-refractivity contribution is -0.144. The number of hydrogen-bond acceptors (Lipinski definition) is 8. The van der Waals surface area contributed by atoms with Gasteiger partial charge in [0.05, 0.1) is 24.0 Å². The number of nitrogens with zero attached hydrogens (tertiary/aromatic N) is 1. The van der Waals surface area contributed by atoms with Crippen molar-refractivity contribution in [2.24, 2.45) is 22.7 Å². The highest BCUT2D eigenvalue weighted by atomic mass is 32.2. The number of halogens is 2. The fourth-order valence-electron chi connectivity index (χ4n) is 8.12. The number of hydrogen-bond donors (Lipinski definition) is 4. The second-order valence-electron chi connectivity index (χ2n) is 16.6. The Kier molecular flexibility index (Phi) is 12.9. The number of alkyl halides is 2. The maximum absolute atomic E-state index is 14.4. The Balaban J connectivity index is 1.47. The third-order valence-corrected chi connectivity index (χ3v) is 12.1. The van der Waals surface area contributed by atoms with Crippen LogP contribution >= 0.6 is 0 Å². The van der Waals surface area contributed by atoms with E-state index in [4.69, 9.17) is 0 Å². The summed E-state index contributed by atoms with van der Waals surface area (Å²) < 4.78 is 56.8. The molecule has 1 aromatic carbocycles. The Hall–Kier alpha value is -3.82. The van der Waals surface area contributed by atoms with Crippen LogP contribution in [0.2, 0.25) is 0 Å². The molecule has 2 saturated carbocycles. The van der Waals surface area contributed by atoms with Gasteiger partial charge in [-0.25, -0.2) is 26.8 Å². The molecule has 1 aliphatic heterocycles. The van der Waals surface area contributed by atoms with E-state index in [-0.39, 0.29) is 36.1 Å². The number of methoxy groups -OCH3 is 1. The van der Waals surface area contributed by atoms with Gasteiger partial charge in [-0.3, -0.25) is 14.4 Å². The van der Waals surface area contributed by atoms with E-state index >= 15 is 0 Å². The van der Waals surface area contributed by atoms with E-state index in [0.29, 0.717) is 24.8 Å². The van der Waals surface area contributed by atoms with E-state index in [1.807, 2.05) is 13.8 Å². The largest absolute Gasteiger partial charge is 0.465 e. The van der Waals surface area contributed by atoms with Gasteiger partial charge in [0.1, 0.15) is 28.0 Å². The fraction of sp³-hybridized carbons (Fsp3) is 0.703. The number of likely N-dealkylation sites (tertiary alicyclic amines) is 1. The lowest BCUT2D eigenvalue weighted by Crippen LogP contribution is -2.64. The number of benzene rings is 1. The van der Waals surface area contributed by atoms with Gasteiger partial charge in [-0.15, -0.1) is 0 Å². The molecule has 3 aliphatic rings. The van der Waals surface area contributed by atoms with Gasteiger partial charge in [0.25, 0.3) is 0 Å². The Morgan fingerprint density at radius 3 is 2.17 bits per heavy atom. The summed E-state index contributed by atoms with van der Waals surface area (Å²) >= 11 is 0. The smallest absolute Gasteiger partial charge is 0.337 e. The number of piperidine rings is 1. The van der Waals surface area contributed by atoms with Crippen LogP contribution in [-0.4, -0.2) is 105 Å². The summed E-state index contributed by atoms with van der Waals surface area (Å²) in [4.78, 5) is 68.1. The summed E-state index contributed by atoms with van der Waals surface area (Å²) in [5.74, 6) is -3.17. The molecule has 0 spiro atoms. The molecular formula is C37H55F2N5O8S. The summed E-state index contributed by atoms with van der Waals surface area (Å²) in [7, 11) is -2.17. The lowest BCUT2D eigenvalue weighted by Gasteiger charge is -2.40. The number of esters is 1. The molecule has 4 N–H and O–H groups in total. The average molecular weight is 768 g/mol. The normalized spacial score (nSPS) is 22.9. The molecule has 1 heterocycles. The summed E-state index contributed by atoms with van der Waals surface area (Å²) in [5.41, 5.74) is -1.02. The van der Waals surface area contributed by atoms with Gasteiger partial charge < -0.3 is 30.9 Å². The van der Waals surface area contributed by atoms with Crippen LogP contribution in [0, 0.1) is 22.7 Å². The third-order valence-electron chi connectivity index (χ3n) is 11.0. The van der Waals surface area contributed by atoms with Gasteiger partial charge >= 0.3 is 12.0 Å². The number of ether oxygens (including phenoxy) is 1. The minimum atomic E-state index is -3.44. The van der Waals surface area contributed by atoms with Crippen LogP contribution in [0.3, 0.4) is 0 Å². The van der Waals surface area contributed by atoms with E-state index < -0.39 is 81.5 Å². The van der Waals surface area contributed by atoms with Crippen LogP contribution in [0.5, 0.6) is 0 Å². The molecule has 2 unspecified atom stereocenters. The molecule has 3 fully saturated rings. The quantitative estimate of drug-likeness (QED) is 0.209. The highest BCUT2D eigenvalue weighted by Crippen LogP contribution is 2.65. The van der Waals surface area contributed by atoms with Crippen molar-refractivity contribution in [3.8, 4) is 0 Å². The van der Waals surface area contributed by atoms with Gasteiger partial charge in [0.15, 0.2) is 0 Å². The van der Waals surface area contributed by atoms with Gasteiger partial charge in [0, 0.05) is 25.8 Å². The van der Waals surface area contributed by atoms with Crippen molar-refractivity contribution < 1.29 is 45.9 Å². The molecule has 0 bridgehead atoms. The van der Waals surface area contributed by atoms with E-state index in [1.54, 1.807) is 45.0 Å². The van der Waals surface area contributed by atoms with Crippen molar-refractivity contribution in [3.63, 3.8) is 0 Å². The molecule has 1 aromatic rings. The van der Waals surface area contributed by atoms with Crippen molar-refractivity contribution in [3.05, 3.63) is 35.4 Å². The topological polar surface area (TPSA) is 180 Å². The molecule has 0 aromatic heterocycles. The third kappa shape index (κ3) is 10.4. The first kappa shape index (κ1) is 41.9. The van der Waals surface area contributed by atoms with E-state index in [1.165, 1.54) is 12.0 Å². The Morgan fingerprint density at radius 1 is 1.00 bits per heavy atom. The summed E-state index contributed by atoms with van der Waals surface area (Å²) in [6, 6.07) is 2.04. The van der Waals surface area contributed by atoms with Gasteiger partial charge in [-0.2, -0.15) is 0 Å². The average Bonchev–Trinajstić information content (AvgIpc) is 3.36. The van der Waals surface area contributed by atoms with Crippen molar-refractivity contribution in [1.29, 1.82) is 0 Å². The number of carbonyl (C=O) groups excluding carboxylic acids is 5. The molecule has 5 atom stereocenters. The monoisotopic (exact) mass is 767 g/mol. The van der Waals surface area contributed by atoms with E-state index in [0.717, 1.165) is 31.1 Å². The van der Waals surface area contributed by atoms with Crippen molar-refractivity contribution in [1.82, 2.24) is 26.2 Å². The van der Waals surface area contributed by atoms with Crippen LogP contribution in [0.4, 0.5) is 13.6 Å². The van der Waals surface area contributed by atoms with Crippen LogP contribution in [0.15, 0.2) is 24.3 Å². The fourth-order valence-corrected chi connectivity index (χ4v) is 9.48. The first-order valence-electron chi connectivity index (χ1n) is 18.2. The zero-order chi connectivity index (χ0) is 39.5. The van der Waals surface area contributed by atoms with Crippen molar-refractivity contribution >= 4 is 39.6 Å². The number of rotatable bonds is 14. The highest BCUT2D eigenvalue weighted by molar-refractivity contribution is 7.90. The highest BCUT2D eigenvalue weighted by Gasteiger charge is 2.70. The first-order chi connectivity index (χ1) is 24.6. The molecule has 16 heteroatoms. The number of carbonyl (C=O) groups is 5. The Labute approximate surface area is 311 Å². The SMILES string of the molecule is COC(=O)c1ccc(CCNC(=O)[C@H](CC(F)F)NC(=O)[C@@H]2C3C(CN2C(=O)[C@@H](NC(=O)NC2(CS(C)(=O)=O)CCCCC2)C(C)(C)C)C3(C)C)cc1. The molecular weight excluding hydrogens is 712 g/mol. The number of urea groups is 1. The number of amides is 5. The van der Waals surface area contributed by atoms with Crippen molar-refractivity contribution in [2.45, 2.75) is 110 Å². The molecule has 4 rings (SSSR count). The van der Waals surface area contributed by atoms with Crippen molar-refractivity contribution in [2.75, 3.05) is 32.2 Å². The van der Waals surface area contributed by atoms with Gasteiger partial charge in [-0.05, 0) is 59.6 Å². The van der Waals surface area contributed by atoms with E-state index in [9.17, 15) is 41.2 Å². The minimum Gasteiger partial charge on any atom is -0.465 e. The second kappa shape index (κ2) is 16.3. The molecule has 0 radical (unpaired) electrons. The summed E-state index contributed by atoms with van der Waals surface area (Å²) in [6.07, 6.45) is 0.975. The van der Waals surface area contributed by atoms with Crippen LogP contribution < -0.4 is 21.3 Å². The molecule has 5 amide bonds. The lowest BCUT2D eigenvalue weighted by atomic mass is 9.83. The number of sulfone groups is 1. The first-order valence-corrected chi connectivity index (χ1v) is 20.2. The Bertz CT molecular complexity index is 1640. The standard InChI is InChI=1S/C37H55F2N5O8S/c1-35(2,3)29(42-34(49)43-37(21-53(7,50)51)16-9-8-10-17-37)32(47)44-20-24-27(36(24,4)5)28(44)31(46)41-25(19-26(38)39)30(45)40-18-15-22-11-13-23(14-12-22)33(48)52-6/h11-14,24-29H,8-10,15-21H2,1-7H3,(H,40,45)(H,41,46)(H2,42,43,49)/t24?,25-,27?,28-,29+/m0/s1. The predicted octanol–water partition coefficient (Wildman–Crippen LogP) is 3.22. The molecule has 53 heavy (non-hydrogen) atoms. The van der Waals surface area contributed by atoms with Crippen LogP contribution in [0.1, 0.15) is 89.1 Å². The maximum Gasteiger partial charge on any atom is 0.337 e. The molecule has 2 aliphatic carbocycles. The predicted molar refractivity (Wildman–Crippen MR) is 194 cm³/mol. The molecule has 296 valence electrons. The van der Waals surface area contributed by atoms with Gasteiger partial charge in [0.2, 0.25) is 24.1 Å². The number of nitrogens with one attached hydrogen (secondary N) is 4. The molecule has 1 saturated heterocycles. The zero-order valence-corrected chi connectivity index (χ0v) is 32.5. The second-order valence-corrected chi connectivity index (χ2v) is 18.8. The van der Waals surface area contributed by atoms with Crippen LogP contribution in [0.25, 0.3) is 0 Å². The minimum absolute atomic E-state index is 0.0649. The zero-order valence-electron chi connectivity index (χ0n) is 31.7.